The highest BCUT2D eigenvalue weighted by Crippen LogP contribution is 2.20. The van der Waals surface area contributed by atoms with Gasteiger partial charge in [-0.1, -0.05) is 0 Å². The number of rotatable bonds is 2. The minimum Gasteiger partial charge on any atom is -0.330 e. The van der Waals surface area contributed by atoms with Crippen molar-refractivity contribution in [1.29, 1.82) is 0 Å². The third kappa shape index (κ3) is 2.01. The molecule has 1 nitrogen and oxygen atoms in total. The van der Waals surface area contributed by atoms with E-state index in [9.17, 15) is 8.78 Å². The van der Waals surface area contributed by atoms with Crippen LogP contribution in [0, 0.1) is 11.6 Å². The highest BCUT2D eigenvalue weighted by molar-refractivity contribution is 9.10. The van der Waals surface area contributed by atoms with E-state index in [-0.39, 0.29) is 4.47 Å². The van der Waals surface area contributed by atoms with Crippen LogP contribution < -0.4 is 5.73 Å². The number of hydrogen-bond acceptors (Lipinski definition) is 1. The molecule has 0 aliphatic carbocycles. The van der Waals surface area contributed by atoms with Gasteiger partial charge in [0.1, 0.15) is 11.6 Å². The quantitative estimate of drug-likeness (QED) is 0.783. The number of benzene rings is 1. The lowest BCUT2D eigenvalue weighted by molar-refractivity contribution is 0.579. The molecular weight excluding hydrogens is 228 g/mol. The summed E-state index contributed by atoms with van der Waals surface area (Å²) in [5.41, 5.74) is 5.53. The third-order valence-corrected chi connectivity index (χ3v) is 2.06. The van der Waals surface area contributed by atoms with Gasteiger partial charge < -0.3 is 5.73 Å². The largest absolute Gasteiger partial charge is 0.330 e. The van der Waals surface area contributed by atoms with Crippen LogP contribution in [-0.4, -0.2) is 6.54 Å². The lowest BCUT2D eigenvalue weighted by atomic mass is 10.1. The third-order valence-electron chi connectivity index (χ3n) is 1.48. The molecule has 4 heteroatoms. The van der Waals surface area contributed by atoms with Gasteiger partial charge in [0, 0.05) is 0 Å². The second kappa shape index (κ2) is 3.96. The predicted molar refractivity (Wildman–Crippen MR) is 46.8 cm³/mol. The fraction of sp³-hybridized carbons (Fsp3) is 0.250. The van der Waals surface area contributed by atoms with Crippen LogP contribution in [0.3, 0.4) is 0 Å². The molecule has 0 radical (unpaired) electrons. The molecule has 0 spiro atoms. The first-order chi connectivity index (χ1) is 5.65. The topological polar surface area (TPSA) is 26.0 Å². The van der Waals surface area contributed by atoms with Gasteiger partial charge in [-0.05, 0) is 46.6 Å². The van der Waals surface area contributed by atoms with Crippen molar-refractivity contribution in [3.63, 3.8) is 0 Å². The maximum absolute atomic E-state index is 13.1. The summed E-state index contributed by atoms with van der Waals surface area (Å²) in [7, 11) is 0. The second-order valence-electron chi connectivity index (χ2n) is 2.40. The normalized spacial score (nSPS) is 10.3. The van der Waals surface area contributed by atoms with Crippen LogP contribution in [-0.2, 0) is 6.42 Å². The summed E-state index contributed by atoms with van der Waals surface area (Å²) in [6, 6.07) is 2.25. The smallest absolute Gasteiger partial charge is 0.140 e. The molecule has 1 rings (SSSR count). The molecule has 12 heavy (non-hydrogen) atoms. The van der Waals surface area contributed by atoms with Crippen LogP contribution in [0.2, 0.25) is 0 Å². The zero-order valence-corrected chi connectivity index (χ0v) is 7.87. The van der Waals surface area contributed by atoms with E-state index in [2.05, 4.69) is 15.9 Å². The lowest BCUT2D eigenvalue weighted by Crippen LogP contribution is -2.05. The average molecular weight is 236 g/mol. The molecule has 1 aromatic carbocycles. The molecule has 0 bridgehead atoms. The Morgan fingerprint density at radius 1 is 1.33 bits per heavy atom. The molecule has 0 amide bonds. The molecule has 1 aromatic rings. The highest BCUT2D eigenvalue weighted by Gasteiger charge is 2.07. The molecule has 66 valence electrons. The Hall–Kier alpha value is -0.480. The van der Waals surface area contributed by atoms with Crippen LogP contribution in [0.15, 0.2) is 16.6 Å². The monoisotopic (exact) mass is 235 g/mol. The van der Waals surface area contributed by atoms with Crippen molar-refractivity contribution >= 4 is 15.9 Å². The van der Waals surface area contributed by atoms with Crippen molar-refractivity contribution in [1.82, 2.24) is 0 Å². The lowest BCUT2D eigenvalue weighted by Gasteiger charge is -2.02. The van der Waals surface area contributed by atoms with Gasteiger partial charge in [0.05, 0.1) is 4.47 Å². The maximum atomic E-state index is 13.1. The molecule has 0 aromatic heterocycles. The van der Waals surface area contributed by atoms with Crippen LogP contribution in [0.1, 0.15) is 5.56 Å². The molecule has 0 aliphatic heterocycles. The molecule has 0 saturated carbocycles. The first-order valence-corrected chi connectivity index (χ1v) is 4.28. The van der Waals surface area contributed by atoms with E-state index >= 15 is 0 Å². The summed E-state index contributed by atoms with van der Waals surface area (Å²) < 4.78 is 25.9. The second-order valence-corrected chi connectivity index (χ2v) is 3.25. The van der Waals surface area contributed by atoms with E-state index in [1.54, 1.807) is 0 Å². The standard InChI is InChI=1S/C8H8BrF2N/c9-7-4-6(10)3-5(1-2-12)8(7)11/h3-4H,1-2,12H2. The van der Waals surface area contributed by atoms with Crippen molar-refractivity contribution in [3.8, 4) is 0 Å². The Kier molecular flexibility index (Phi) is 3.17. The van der Waals surface area contributed by atoms with Crippen molar-refractivity contribution in [3.05, 3.63) is 33.8 Å². The highest BCUT2D eigenvalue weighted by atomic mass is 79.9. The fourth-order valence-electron chi connectivity index (χ4n) is 0.947. The fourth-order valence-corrected chi connectivity index (χ4v) is 1.42. The number of hydrogen-bond donors (Lipinski definition) is 1. The molecule has 0 saturated heterocycles. The molecule has 0 heterocycles. The molecule has 0 atom stereocenters. The molecule has 0 aliphatic rings. The van der Waals surface area contributed by atoms with Gasteiger partial charge in [0.15, 0.2) is 0 Å². The molecule has 0 unspecified atom stereocenters. The van der Waals surface area contributed by atoms with Crippen LogP contribution >= 0.6 is 15.9 Å². The SMILES string of the molecule is NCCc1cc(F)cc(Br)c1F. The van der Waals surface area contributed by atoms with Crippen molar-refractivity contribution in [2.75, 3.05) is 6.54 Å². The minimum absolute atomic E-state index is 0.144. The van der Waals surface area contributed by atoms with E-state index in [1.807, 2.05) is 0 Å². The summed E-state index contributed by atoms with van der Waals surface area (Å²) >= 11 is 2.91. The van der Waals surface area contributed by atoms with Gasteiger partial charge in [-0.25, -0.2) is 8.78 Å². The Bertz CT molecular complexity index is 289. The van der Waals surface area contributed by atoms with Gasteiger partial charge in [-0.2, -0.15) is 0 Å². The summed E-state index contributed by atoms with van der Waals surface area (Å²) in [4.78, 5) is 0. The number of nitrogens with two attached hydrogens (primary N) is 1. The van der Waals surface area contributed by atoms with E-state index in [1.165, 1.54) is 0 Å². The van der Waals surface area contributed by atoms with Gasteiger partial charge in [0.25, 0.3) is 0 Å². The van der Waals surface area contributed by atoms with E-state index in [0.717, 1.165) is 12.1 Å². The van der Waals surface area contributed by atoms with Crippen molar-refractivity contribution in [2.45, 2.75) is 6.42 Å². The Labute approximate surface area is 77.7 Å². The van der Waals surface area contributed by atoms with E-state index < -0.39 is 11.6 Å². The van der Waals surface area contributed by atoms with Gasteiger partial charge in [-0.3, -0.25) is 0 Å². The van der Waals surface area contributed by atoms with Gasteiger partial charge >= 0.3 is 0 Å². The Balaban J connectivity index is 3.09. The summed E-state index contributed by atoms with van der Waals surface area (Å²) in [6.07, 6.45) is 0.349. The van der Waals surface area contributed by atoms with E-state index in [0.29, 0.717) is 18.5 Å². The molecule has 0 fully saturated rings. The van der Waals surface area contributed by atoms with Gasteiger partial charge in [-0.15, -0.1) is 0 Å². The van der Waals surface area contributed by atoms with Crippen molar-refractivity contribution < 1.29 is 8.78 Å². The van der Waals surface area contributed by atoms with Crippen molar-refractivity contribution in [2.24, 2.45) is 5.73 Å². The van der Waals surface area contributed by atoms with Crippen LogP contribution in [0.5, 0.6) is 0 Å². The minimum atomic E-state index is -0.452. The molecule has 2 N–H and O–H groups in total. The predicted octanol–water partition coefficient (Wildman–Crippen LogP) is 2.23. The first-order valence-electron chi connectivity index (χ1n) is 3.48. The summed E-state index contributed by atoms with van der Waals surface area (Å²) in [5.74, 6) is -0.881. The molecular formula is C8H8BrF2N. The zero-order valence-electron chi connectivity index (χ0n) is 6.28. The van der Waals surface area contributed by atoms with E-state index in [4.69, 9.17) is 5.73 Å². The number of halogens is 3. The summed E-state index contributed by atoms with van der Waals surface area (Å²) in [5, 5.41) is 0. The maximum Gasteiger partial charge on any atom is 0.140 e. The van der Waals surface area contributed by atoms with Crippen LogP contribution in [0.25, 0.3) is 0 Å². The van der Waals surface area contributed by atoms with Gasteiger partial charge in [0.2, 0.25) is 0 Å². The zero-order chi connectivity index (χ0) is 9.14. The Morgan fingerprint density at radius 3 is 2.58 bits per heavy atom. The summed E-state index contributed by atoms with van der Waals surface area (Å²) in [6.45, 7) is 0.312. The van der Waals surface area contributed by atoms with Crippen LogP contribution in [0.4, 0.5) is 8.78 Å². The first kappa shape index (κ1) is 9.61. The Morgan fingerprint density at radius 2 is 2.00 bits per heavy atom. The average Bonchev–Trinajstić information content (AvgIpc) is 2.00.